The van der Waals surface area contributed by atoms with Gasteiger partial charge >= 0.3 is 0 Å². The van der Waals surface area contributed by atoms with Crippen molar-refractivity contribution in [3.05, 3.63) is 35.4 Å². The predicted molar refractivity (Wildman–Crippen MR) is 84.1 cm³/mol. The fourth-order valence-electron chi connectivity index (χ4n) is 2.60. The number of carbonyl (C=O) groups excluding carboxylic acids is 1. The number of carbonyl (C=O) groups is 1. The van der Waals surface area contributed by atoms with Gasteiger partial charge in [-0.05, 0) is 31.0 Å². The Bertz CT molecular complexity index is 522. The lowest BCUT2D eigenvalue weighted by Crippen LogP contribution is -2.37. The monoisotopic (exact) mass is 301 g/mol. The summed E-state index contributed by atoms with van der Waals surface area (Å²) >= 11 is 0. The van der Waals surface area contributed by atoms with Crippen LogP contribution in [0, 0.1) is 11.3 Å². The van der Waals surface area contributed by atoms with E-state index in [0.717, 1.165) is 39.1 Å². The molecule has 0 radical (unpaired) electrons. The summed E-state index contributed by atoms with van der Waals surface area (Å²) in [6, 6.07) is 9.84. The Labute approximate surface area is 132 Å². The molecule has 22 heavy (non-hydrogen) atoms. The minimum Gasteiger partial charge on any atom is -0.372 e. The van der Waals surface area contributed by atoms with E-state index in [2.05, 4.69) is 11.0 Å². The van der Waals surface area contributed by atoms with Gasteiger partial charge < -0.3 is 9.64 Å². The average molecular weight is 301 g/mol. The van der Waals surface area contributed by atoms with Crippen molar-refractivity contribution in [2.24, 2.45) is 0 Å². The molecule has 1 fully saturated rings. The number of hydrogen-bond donors (Lipinski definition) is 0. The molecule has 2 rings (SSSR count). The van der Waals surface area contributed by atoms with Crippen LogP contribution in [-0.4, -0.2) is 55.1 Å². The predicted octanol–water partition coefficient (Wildman–Crippen LogP) is 1.63. The molecule has 5 heteroatoms. The fourth-order valence-corrected chi connectivity index (χ4v) is 2.60. The summed E-state index contributed by atoms with van der Waals surface area (Å²) in [6.45, 7) is 6.93. The van der Waals surface area contributed by atoms with Gasteiger partial charge in [0.25, 0.3) is 0 Å². The van der Waals surface area contributed by atoms with Crippen molar-refractivity contribution in [3.63, 3.8) is 0 Å². The van der Waals surface area contributed by atoms with Crippen molar-refractivity contribution >= 4 is 5.91 Å². The van der Waals surface area contributed by atoms with E-state index in [9.17, 15) is 4.79 Å². The third-order valence-corrected chi connectivity index (χ3v) is 3.86. The highest BCUT2D eigenvalue weighted by atomic mass is 16.5. The minimum atomic E-state index is 0.0853. The standard InChI is InChI=1S/C17H23N3O2/c1-2-22-14-17(21)20-9-3-8-19(10-11-20)13-16-6-4-15(12-18)5-7-16/h4-7H,2-3,8-11,13-14H2,1H3. The van der Waals surface area contributed by atoms with Crippen molar-refractivity contribution in [2.45, 2.75) is 19.9 Å². The summed E-state index contributed by atoms with van der Waals surface area (Å²) in [5.41, 5.74) is 1.89. The molecule has 1 heterocycles. The number of ether oxygens (including phenoxy) is 1. The highest BCUT2D eigenvalue weighted by Gasteiger charge is 2.19. The van der Waals surface area contributed by atoms with Gasteiger partial charge in [0.1, 0.15) is 6.61 Å². The topological polar surface area (TPSA) is 56.6 Å². The summed E-state index contributed by atoms with van der Waals surface area (Å²) in [5.74, 6) is 0.0853. The normalized spacial score (nSPS) is 16.1. The van der Waals surface area contributed by atoms with Crippen molar-refractivity contribution in [1.82, 2.24) is 9.80 Å². The Hall–Kier alpha value is -1.90. The maximum Gasteiger partial charge on any atom is 0.248 e. The highest BCUT2D eigenvalue weighted by molar-refractivity contribution is 5.77. The van der Waals surface area contributed by atoms with Gasteiger partial charge in [0, 0.05) is 39.3 Å². The third kappa shape index (κ3) is 4.83. The van der Waals surface area contributed by atoms with Crippen LogP contribution in [0.3, 0.4) is 0 Å². The number of nitriles is 1. The second-order valence-electron chi connectivity index (χ2n) is 5.46. The molecule has 0 atom stereocenters. The second kappa shape index (κ2) is 8.52. The highest BCUT2D eigenvalue weighted by Crippen LogP contribution is 2.10. The fraction of sp³-hybridized carbons (Fsp3) is 0.529. The first kappa shape index (κ1) is 16.5. The smallest absolute Gasteiger partial charge is 0.248 e. The Balaban J connectivity index is 1.84. The molecule has 5 nitrogen and oxygen atoms in total. The molecule has 118 valence electrons. The van der Waals surface area contributed by atoms with Gasteiger partial charge in [-0.2, -0.15) is 5.26 Å². The van der Waals surface area contributed by atoms with Gasteiger partial charge in [0.2, 0.25) is 5.91 Å². The van der Waals surface area contributed by atoms with E-state index in [1.807, 2.05) is 36.1 Å². The number of benzene rings is 1. The molecule has 1 aliphatic heterocycles. The third-order valence-electron chi connectivity index (χ3n) is 3.86. The molecule has 0 aliphatic carbocycles. The molecule has 0 unspecified atom stereocenters. The molecule has 1 amide bonds. The van der Waals surface area contributed by atoms with Gasteiger partial charge in [0.15, 0.2) is 0 Å². The van der Waals surface area contributed by atoms with Crippen LogP contribution in [0.2, 0.25) is 0 Å². The number of nitrogens with zero attached hydrogens (tertiary/aromatic N) is 3. The largest absolute Gasteiger partial charge is 0.372 e. The lowest BCUT2D eigenvalue weighted by Gasteiger charge is -2.22. The molecule has 1 saturated heterocycles. The number of hydrogen-bond acceptors (Lipinski definition) is 4. The van der Waals surface area contributed by atoms with Crippen LogP contribution in [0.1, 0.15) is 24.5 Å². The molecule has 0 saturated carbocycles. The quantitative estimate of drug-likeness (QED) is 0.829. The summed E-state index contributed by atoms with van der Waals surface area (Å²) in [7, 11) is 0. The van der Waals surface area contributed by atoms with E-state index in [4.69, 9.17) is 10.00 Å². The molecular weight excluding hydrogens is 278 g/mol. The SMILES string of the molecule is CCOCC(=O)N1CCCN(Cc2ccc(C#N)cc2)CC1. The molecular formula is C17H23N3O2. The lowest BCUT2D eigenvalue weighted by atomic mass is 10.1. The van der Waals surface area contributed by atoms with Crippen LogP contribution in [0.15, 0.2) is 24.3 Å². The number of amides is 1. The van der Waals surface area contributed by atoms with E-state index in [1.54, 1.807) is 0 Å². The molecule has 1 aromatic rings. The van der Waals surface area contributed by atoms with Crippen LogP contribution >= 0.6 is 0 Å². The van der Waals surface area contributed by atoms with E-state index >= 15 is 0 Å². The average Bonchev–Trinajstić information content (AvgIpc) is 2.79. The van der Waals surface area contributed by atoms with E-state index in [-0.39, 0.29) is 12.5 Å². The molecule has 0 N–H and O–H groups in total. The van der Waals surface area contributed by atoms with Crippen molar-refractivity contribution < 1.29 is 9.53 Å². The van der Waals surface area contributed by atoms with Gasteiger partial charge in [0.05, 0.1) is 11.6 Å². The van der Waals surface area contributed by atoms with Crippen LogP contribution in [0.4, 0.5) is 0 Å². The van der Waals surface area contributed by atoms with E-state index < -0.39 is 0 Å². The van der Waals surface area contributed by atoms with Gasteiger partial charge in [-0.15, -0.1) is 0 Å². The summed E-state index contributed by atoms with van der Waals surface area (Å²) in [6.07, 6.45) is 0.980. The van der Waals surface area contributed by atoms with Gasteiger partial charge in [-0.3, -0.25) is 9.69 Å². The zero-order chi connectivity index (χ0) is 15.8. The zero-order valence-electron chi connectivity index (χ0n) is 13.1. The lowest BCUT2D eigenvalue weighted by molar-refractivity contribution is -0.135. The first-order chi connectivity index (χ1) is 10.7. The first-order valence-electron chi connectivity index (χ1n) is 7.80. The summed E-state index contributed by atoms with van der Waals surface area (Å²) in [5, 5.41) is 8.82. The van der Waals surface area contributed by atoms with E-state index in [1.165, 1.54) is 5.56 Å². The van der Waals surface area contributed by atoms with Crippen molar-refractivity contribution in [2.75, 3.05) is 39.4 Å². The Morgan fingerprint density at radius 2 is 2.00 bits per heavy atom. The molecule has 1 aromatic carbocycles. The molecule has 1 aliphatic rings. The number of rotatable bonds is 5. The van der Waals surface area contributed by atoms with E-state index in [0.29, 0.717) is 12.2 Å². The Morgan fingerprint density at radius 1 is 1.23 bits per heavy atom. The van der Waals surface area contributed by atoms with Crippen LogP contribution in [-0.2, 0) is 16.1 Å². The van der Waals surface area contributed by atoms with Gasteiger partial charge in [-0.25, -0.2) is 0 Å². The maximum absolute atomic E-state index is 12.0. The van der Waals surface area contributed by atoms with Crippen LogP contribution in [0.5, 0.6) is 0 Å². The first-order valence-corrected chi connectivity index (χ1v) is 7.80. The van der Waals surface area contributed by atoms with Crippen molar-refractivity contribution in [1.29, 1.82) is 5.26 Å². The molecule has 0 spiro atoms. The van der Waals surface area contributed by atoms with Crippen molar-refractivity contribution in [3.8, 4) is 6.07 Å². The minimum absolute atomic E-state index is 0.0853. The Kier molecular flexibility index (Phi) is 6.38. The Morgan fingerprint density at radius 3 is 2.68 bits per heavy atom. The maximum atomic E-state index is 12.0. The summed E-state index contributed by atoms with van der Waals surface area (Å²) in [4.78, 5) is 16.3. The van der Waals surface area contributed by atoms with Crippen LogP contribution < -0.4 is 0 Å². The summed E-state index contributed by atoms with van der Waals surface area (Å²) < 4.78 is 5.20. The molecule has 0 bridgehead atoms. The molecule has 0 aromatic heterocycles. The second-order valence-corrected chi connectivity index (χ2v) is 5.46. The van der Waals surface area contributed by atoms with Crippen LogP contribution in [0.25, 0.3) is 0 Å². The zero-order valence-corrected chi connectivity index (χ0v) is 13.1. The van der Waals surface area contributed by atoms with Gasteiger partial charge in [-0.1, -0.05) is 12.1 Å².